The van der Waals surface area contributed by atoms with Gasteiger partial charge >= 0.3 is 13.5 Å². The summed E-state index contributed by atoms with van der Waals surface area (Å²) in [4.78, 5) is 42.8. The maximum Gasteiger partial charge on any atom is 0.469 e. The fourth-order valence-electron chi connectivity index (χ4n) is 2.56. The number of alkyl halides is 1. The summed E-state index contributed by atoms with van der Waals surface area (Å²) in [5.41, 5.74) is -1.28. The summed E-state index contributed by atoms with van der Waals surface area (Å²) < 4.78 is 35.9. The smallest absolute Gasteiger partial charge is 0.387 e. The summed E-state index contributed by atoms with van der Waals surface area (Å²) >= 11 is 0. The van der Waals surface area contributed by atoms with Gasteiger partial charge in [-0.05, 0) is 13.8 Å². The molecule has 1 aliphatic heterocycles. The molecular weight excluding hydrogens is 350 g/mol. The molecule has 0 aromatic carbocycles. The molecule has 136 valence electrons. The van der Waals surface area contributed by atoms with Crippen molar-refractivity contribution in [1.82, 2.24) is 9.55 Å². The van der Waals surface area contributed by atoms with Gasteiger partial charge in [-0.25, -0.2) is 13.8 Å². The lowest BCUT2D eigenvalue weighted by Crippen LogP contribution is -2.54. The first-order chi connectivity index (χ1) is 11.0. The standard InChI is InChI=1S/C12H18FN2O8P/c1-5-3-15(12(18)14-11(5)17)7-4-22-10(9(16)8(7)13)6(2)23-24(19,20)21/h3,6-10,16H,4H2,1-2H3,(H,14,17,18)(H2,19,20,21)/t6-,7-,8+,9+,10-/m1/s1. The van der Waals surface area contributed by atoms with Crippen LogP contribution in [-0.2, 0) is 13.8 Å². The van der Waals surface area contributed by atoms with Crippen LogP contribution in [0.4, 0.5) is 4.39 Å². The molecule has 12 heteroatoms. The number of hydrogen-bond donors (Lipinski definition) is 4. The van der Waals surface area contributed by atoms with Gasteiger partial charge in [0.25, 0.3) is 5.56 Å². The molecule has 2 rings (SSSR count). The van der Waals surface area contributed by atoms with Crippen molar-refractivity contribution in [2.24, 2.45) is 0 Å². The minimum absolute atomic E-state index is 0.177. The molecule has 5 atom stereocenters. The van der Waals surface area contributed by atoms with Gasteiger partial charge in [-0.15, -0.1) is 0 Å². The van der Waals surface area contributed by atoms with E-state index in [9.17, 15) is 23.7 Å². The molecule has 1 aromatic heterocycles. The van der Waals surface area contributed by atoms with Crippen molar-refractivity contribution in [1.29, 1.82) is 0 Å². The quantitative estimate of drug-likeness (QED) is 0.493. The summed E-state index contributed by atoms with van der Waals surface area (Å²) in [5, 5.41) is 10.0. The molecule has 2 heterocycles. The zero-order valence-corrected chi connectivity index (χ0v) is 13.7. The summed E-state index contributed by atoms with van der Waals surface area (Å²) in [5.74, 6) is 0. The minimum Gasteiger partial charge on any atom is -0.387 e. The second kappa shape index (κ2) is 6.87. The Morgan fingerprint density at radius 3 is 2.71 bits per heavy atom. The predicted octanol–water partition coefficient (Wildman–Crippen LogP) is -1.02. The van der Waals surface area contributed by atoms with Crippen LogP contribution >= 0.6 is 7.82 Å². The Morgan fingerprint density at radius 1 is 1.50 bits per heavy atom. The highest BCUT2D eigenvalue weighted by Gasteiger charge is 2.45. The number of aliphatic hydroxyl groups excluding tert-OH is 1. The monoisotopic (exact) mass is 368 g/mol. The van der Waals surface area contributed by atoms with Gasteiger partial charge in [-0.2, -0.15) is 0 Å². The minimum atomic E-state index is -4.84. The molecular formula is C12H18FN2O8P. The van der Waals surface area contributed by atoms with Gasteiger partial charge in [0.1, 0.15) is 12.2 Å². The van der Waals surface area contributed by atoms with E-state index in [2.05, 4.69) is 4.52 Å². The van der Waals surface area contributed by atoms with E-state index in [1.165, 1.54) is 13.8 Å². The average molecular weight is 368 g/mol. The fourth-order valence-corrected chi connectivity index (χ4v) is 3.12. The maximum atomic E-state index is 14.6. The van der Waals surface area contributed by atoms with Crippen LogP contribution in [0.25, 0.3) is 0 Å². The predicted molar refractivity (Wildman–Crippen MR) is 78.3 cm³/mol. The first-order valence-electron chi connectivity index (χ1n) is 7.01. The number of aliphatic hydroxyl groups is 1. The number of hydrogen-bond acceptors (Lipinski definition) is 6. The Bertz CT molecular complexity index is 758. The van der Waals surface area contributed by atoms with E-state index < -0.39 is 49.6 Å². The molecule has 1 aliphatic rings. The van der Waals surface area contributed by atoms with Crippen molar-refractivity contribution in [2.75, 3.05) is 6.61 Å². The normalized spacial score (nSPS) is 29.4. The van der Waals surface area contributed by atoms with E-state index in [0.29, 0.717) is 0 Å². The summed E-state index contributed by atoms with van der Waals surface area (Å²) in [6.07, 6.45) is -5.22. The van der Waals surface area contributed by atoms with Gasteiger partial charge in [0.15, 0.2) is 6.17 Å². The molecule has 0 amide bonds. The maximum absolute atomic E-state index is 14.6. The van der Waals surface area contributed by atoms with E-state index in [1.807, 2.05) is 4.98 Å². The van der Waals surface area contributed by atoms with Gasteiger partial charge in [0.05, 0.1) is 18.8 Å². The second-order valence-corrected chi connectivity index (χ2v) is 6.77. The van der Waals surface area contributed by atoms with Crippen LogP contribution in [0, 0.1) is 6.92 Å². The molecule has 0 saturated carbocycles. The Kier molecular flexibility index (Phi) is 5.43. The molecule has 0 radical (unpaired) electrons. The van der Waals surface area contributed by atoms with Gasteiger partial charge in [-0.3, -0.25) is 18.9 Å². The zero-order chi connectivity index (χ0) is 18.2. The van der Waals surface area contributed by atoms with Crippen LogP contribution in [0.2, 0.25) is 0 Å². The Morgan fingerprint density at radius 2 is 2.12 bits per heavy atom. The van der Waals surface area contributed by atoms with Crippen LogP contribution in [0.3, 0.4) is 0 Å². The number of nitrogens with one attached hydrogen (secondary N) is 1. The molecule has 0 unspecified atom stereocenters. The fraction of sp³-hybridized carbons (Fsp3) is 0.667. The first kappa shape index (κ1) is 19.0. The highest BCUT2D eigenvalue weighted by molar-refractivity contribution is 7.46. The topological polar surface area (TPSA) is 151 Å². The lowest BCUT2D eigenvalue weighted by molar-refractivity contribution is -0.166. The molecule has 1 saturated heterocycles. The highest BCUT2D eigenvalue weighted by atomic mass is 31.2. The van der Waals surface area contributed by atoms with Crippen molar-refractivity contribution in [3.8, 4) is 0 Å². The third kappa shape index (κ3) is 4.00. The van der Waals surface area contributed by atoms with E-state index in [1.54, 1.807) is 0 Å². The summed E-state index contributed by atoms with van der Waals surface area (Å²) in [6, 6.07) is -1.21. The van der Waals surface area contributed by atoms with Crippen LogP contribution in [0.5, 0.6) is 0 Å². The number of aromatic amines is 1. The van der Waals surface area contributed by atoms with Crippen LogP contribution < -0.4 is 11.2 Å². The van der Waals surface area contributed by atoms with E-state index in [4.69, 9.17) is 14.5 Å². The van der Waals surface area contributed by atoms with Crippen molar-refractivity contribution in [3.63, 3.8) is 0 Å². The average Bonchev–Trinajstić information content (AvgIpc) is 2.44. The van der Waals surface area contributed by atoms with Gasteiger partial charge in [0, 0.05) is 11.8 Å². The van der Waals surface area contributed by atoms with Gasteiger partial charge in [0.2, 0.25) is 0 Å². The van der Waals surface area contributed by atoms with Crippen LogP contribution in [0.15, 0.2) is 15.8 Å². The number of aryl methyl sites for hydroxylation is 1. The van der Waals surface area contributed by atoms with E-state index >= 15 is 0 Å². The molecule has 0 aliphatic carbocycles. The van der Waals surface area contributed by atoms with Crippen molar-refractivity contribution >= 4 is 7.82 Å². The Hall–Kier alpha value is -1.36. The highest BCUT2D eigenvalue weighted by Crippen LogP contribution is 2.40. The van der Waals surface area contributed by atoms with Crippen molar-refractivity contribution < 1.29 is 33.1 Å². The van der Waals surface area contributed by atoms with Gasteiger partial charge in [-0.1, -0.05) is 0 Å². The SMILES string of the molecule is Cc1cn([C@@H]2CO[C@H]([C@@H](C)OP(=O)(O)O)[C@@H](O)[C@H]2F)c(=O)[nH]c1=O. The molecule has 0 bridgehead atoms. The number of phosphoric acid groups is 1. The Balaban J connectivity index is 2.23. The molecule has 24 heavy (non-hydrogen) atoms. The molecule has 10 nitrogen and oxygen atoms in total. The van der Waals surface area contributed by atoms with Crippen LogP contribution in [0.1, 0.15) is 18.5 Å². The number of ether oxygens (including phenoxy) is 1. The summed E-state index contributed by atoms with van der Waals surface area (Å²) in [6.45, 7) is 2.29. The third-order valence-electron chi connectivity index (χ3n) is 3.76. The number of phosphoric ester groups is 1. The van der Waals surface area contributed by atoms with Crippen molar-refractivity contribution in [2.45, 2.75) is 44.4 Å². The number of halogens is 1. The second-order valence-electron chi connectivity index (χ2n) is 5.58. The van der Waals surface area contributed by atoms with Gasteiger partial charge < -0.3 is 19.6 Å². The van der Waals surface area contributed by atoms with E-state index in [0.717, 1.165) is 10.8 Å². The molecule has 4 N–H and O–H groups in total. The first-order valence-corrected chi connectivity index (χ1v) is 8.54. The number of aromatic nitrogens is 2. The largest absolute Gasteiger partial charge is 0.469 e. The number of rotatable bonds is 4. The number of H-pyrrole nitrogens is 1. The van der Waals surface area contributed by atoms with Crippen molar-refractivity contribution in [3.05, 3.63) is 32.6 Å². The lowest BCUT2D eigenvalue weighted by Gasteiger charge is -2.39. The van der Waals surface area contributed by atoms with E-state index in [-0.39, 0.29) is 12.2 Å². The molecule has 1 aromatic rings. The lowest BCUT2D eigenvalue weighted by atomic mass is 9.96. The number of nitrogens with zero attached hydrogens (tertiary/aromatic N) is 1. The zero-order valence-electron chi connectivity index (χ0n) is 12.8. The van der Waals surface area contributed by atoms with Crippen LogP contribution in [-0.4, -0.2) is 55.5 Å². The third-order valence-corrected chi connectivity index (χ3v) is 4.37. The Labute approximate surface area is 135 Å². The molecule has 0 spiro atoms. The summed E-state index contributed by atoms with van der Waals surface area (Å²) in [7, 11) is -4.84. The molecule has 1 fully saturated rings.